The Morgan fingerprint density at radius 1 is 1.45 bits per heavy atom. The minimum atomic E-state index is -1.21. The Kier molecular flexibility index (Phi) is 6.00. The molecule has 0 aliphatic rings. The highest BCUT2D eigenvalue weighted by Crippen LogP contribution is 2.19. The number of carbonyl (C=O) groups is 2. The van der Waals surface area contributed by atoms with E-state index < -0.39 is 16.6 Å². The van der Waals surface area contributed by atoms with Crippen molar-refractivity contribution in [1.29, 1.82) is 0 Å². The number of nitro benzene ring substituents is 1. The lowest BCUT2D eigenvalue weighted by atomic mass is 10.00. The van der Waals surface area contributed by atoms with E-state index in [-0.39, 0.29) is 25.1 Å². The summed E-state index contributed by atoms with van der Waals surface area (Å²) in [6, 6.07) is 5.44. The van der Waals surface area contributed by atoms with Gasteiger partial charge in [-0.05, 0) is 19.1 Å². The molecular weight excluding hydrogens is 292 g/mol. The minimum absolute atomic E-state index is 0.0389. The number of benzene rings is 1. The summed E-state index contributed by atoms with van der Waals surface area (Å²) in [5, 5.41) is 20.3. The van der Waals surface area contributed by atoms with E-state index >= 15 is 0 Å². The number of aldehydes is 1. The molecule has 0 spiro atoms. The lowest BCUT2D eigenvalue weighted by Gasteiger charge is -2.21. The first-order valence-corrected chi connectivity index (χ1v) is 6.58. The summed E-state index contributed by atoms with van der Waals surface area (Å²) in [6.45, 7) is 1.44. The number of amides is 1. The Balaban J connectivity index is 2.54. The first kappa shape index (κ1) is 17.6. The van der Waals surface area contributed by atoms with Crippen LogP contribution in [0.25, 0.3) is 0 Å². The highest BCUT2D eigenvalue weighted by Gasteiger charge is 2.21. The summed E-state index contributed by atoms with van der Waals surface area (Å²) >= 11 is 0. The van der Waals surface area contributed by atoms with Gasteiger partial charge in [0, 0.05) is 37.7 Å². The van der Waals surface area contributed by atoms with Gasteiger partial charge < -0.3 is 14.6 Å². The molecule has 1 amide bonds. The number of nitrogens with zero attached hydrogens (tertiary/aromatic N) is 2. The second kappa shape index (κ2) is 7.51. The van der Waals surface area contributed by atoms with E-state index in [1.54, 1.807) is 0 Å². The Hall–Kier alpha value is -2.48. The second-order valence-electron chi connectivity index (χ2n) is 5.06. The molecule has 8 heteroatoms. The summed E-state index contributed by atoms with van der Waals surface area (Å²) in [6.07, 6.45) is 0.0369. The van der Waals surface area contributed by atoms with Crippen molar-refractivity contribution in [2.24, 2.45) is 0 Å². The van der Waals surface area contributed by atoms with Crippen molar-refractivity contribution < 1.29 is 24.4 Å². The van der Waals surface area contributed by atoms with Crippen molar-refractivity contribution in [2.75, 3.05) is 18.6 Å². The molecule has 0 aromatic heterocycles. The summed E-state index contributed by atoms with van der Waals surface area (Å²) in [4.78, 5) is 33.4. The van der Waals surface area contributed by atoms with Gasteiger partial charge in [0.15, 0.2) is 0 Å². The Bertz CT molecular complexity index is 541. The van der Waals surface area contributed by atoms with Gasteiger partial charge in [-0.3, -0.25) is 15.0 Å². The van der Waals surface area contributed by atoms with Crippen molar-refractivity contribution in [3.8, 4) is 0 Å². The van der Waals surface area contributed by atoms with Gasteiger partial charge in [0.05, 0.1) is 17.1 Å². The number of anilines is 1. The average Bonchev–Trinajstić information content (AvgIpc) is 2.46. The molecule has 1 aromatic rings. The Morgan fingerprint density at radius 3 is 2.55 bits per heavy atom. The Morgan fingerprint density at radius 2 is 2.05 bits per heavy atom. The minimum Gasteiger partial charge on any atom is -0.449 e. The van der Waals surface area contributed by atoms with Crippen LogP contribution in [-0.2, 0) is 9.53 Å². The van der Waals surface area contributed by atoms with Gasteiger partial charge in [0.1, 0.15) is 6.29 Å². The molecule has 1 atom stereocenters. The first-order chi connectivity index (χ1) is 10.3. The van der Waals surface area contributed by atoms with Crippen LogP contribution in [-0.4, -0.2) is 41.7 Å². The molecule has 0 saturated carbocycles. The maximum Gasteiger partial charge on any atom is 0.414 e. The van der Waals surface area contributed by atoms with Gasteiger partial charge in [-0.15, -0.1) is 0 Å². The normalized spacial score (nSPS) is 13.0. The highest BCUT2D eigenvalue weighted by atomic mass is 16.6. The molecule has 0 heterocycles. The molecule has 22 heavy (non-hydrogen) atoms. The van der Waals surface area contributed by atoms with Crippen LogP contribution >= 0.6 is 0 Å². The molecule has 1 N–H and O–H groups in total. The lowest BCUT2D eigenvalue weighted by molar-refractivity contribution is -0.384. The summed E-state index contributed by atoms with van der Waals surface area (Å²) in [5.41, 5.74) is -0.848. The van der Waals surface area contributed by atoms with Crippen molar-refractivity contribution in [1.82, 2.24) is 0 Å². The molecule has 0 fully saturated rings. The van der Waals surface area contributed by atoms with E-state index in [2.05, 4.69) is 0 Å². The number of aliphatic hydroxyl groups is 1. The van der Waals surface area contributed by atoms with Crippen molar-refractivity contribution in [3.63, 3.8) is 0 Å². The van der Waals surface area contributed by atoms with Crippen molar-refractivity contribution in [3.05, 3.63) is 34.4 Å². The number of hydrogen-bond donors (Lipinski definition) is 1. The van der Waals surface area contributed by atoms with Crippen LogP contribution in [0.5, 0.6) is 0 Å². The second-order valence-corrected chi connectivity index (χ2v) is 5.06. The fourth-order valence-corrected chi connectivity index (χ4v) is 1.64. The average molecular weight is 310 g/mol. The van der Waals surface area contributed by atoms with Gasteiger partial charge in [-0.25, -0.2) is 4.79 Å². The maximum absolute atomic E-state index is 11.8. The van der Waals surface area contributed by atoms with E-state index in [0.717, 1.165) is 0 Å². The van der Waals surface area contributed by atoms with Gasteiger partial charge in [-0.2, -0.15) is 0 Å². The van der Waals surface area contributed by atoms with E-state index in [1.165, 1.54) is 43.1 Å². The summed E-state index contributed by atoms with van der Waals surface area (Å²) in [7, 11) is 1.47. The fourth-order valence-electron chi connectivity index (χ4n) is 1.64. The third kappa shape index (κ3) is 5.13. The molecule has 0 aliphatic carbocycles. The molecule has 120 valence electrons. The van der Waals surface area contributed by atoms with Crippen LogP contribution in [0.4, 0.5) is 16.2 Å². The predicted octanol–water partition coefficient (Wildman–Crippen LogP) is 1.90. The van der Waals surface area contributed by atoms with Crippen LogP contribution in [0.2, 0.25) is 0 Å². The molecule has 1 aromatic carbocycles. The molecule has 0 saturated heterocycles. The zero-order chi connectivity index (χ0) is 16.8. The smallest absolute Gasteiger partial charge is 0.414 e. The van der Waals surface area contributed by atoms with Crippen molar-refractivity contribution in [2.45, 2.75) is 25.4 Å². The topological polar surface area (TPSA) is 110 Å². The summed E-state index contributed by atoms with van der Waals surface area (Å²) in [5.74, 6) is 0. The third-order valence-electron chi connectivity index (χ3n) is 3.11. The van der Waals surface area contributed by atoms with Gasteiger partial charge >= 0.3 is 6.09 Å². The Labute approximate surface area is 127 Å². The lowest BCUT2D eigenvalue weighted by Crippen LogP contribution is -2.31. The number of hydrogen-bond acceptors (Lipinski definition) is 6. The third-order valence-corrected chi connectivity index (χ3v) is 3.11. The molecular formula is C14H18N2O6. The molecule has 1 unspecified atom stereocenters. The molecule has 1 rings (SSSR count). The van der Waals surface area contributed by atoms with E-state index in [4.69, 9.17) is 4.74 Å². The predicted molar refractivity (Wildman–Crippen MR) is 78.8 cm³/mol. The monoisotopic (exact) mass is 310 g/mol. The van der Waals surface area contributed by atoms with Crippen LogP contribution < -0.4 is 4.90 Å². The van der Waals surface area contributed by atoms with E-state index in [0.29, 0.717) is 12.0 Å². The highest BCUT2D eigenvalue weighted by molar-refractivity contribution is 5.87. The fraction of sp³-hybridized carbons (Fsp3) is 0.429. The van der Waals surface area contributed by atoms with Crippen LogP contribution in [0, 0.1) is 10.1 Å². The quantitative estimate of drug-likeness (QED) is 0.468. The number of ether oxygens (including phenoxy) is 1. The maximum atomic E-state index is 11.8. The van der Waals surface area contributed by atoms with Gasteiger partial charge in [0.25, 0.3) is 5.69 Å². The van der Waals surface area contributed by atoms with Crippen molar-refractivity contribution >= 4 is 23.8 Å². The first-order valence-electron chi connectivity index (χ1n) is 6.58. The molecule has 0 aliphatic heterocycles. The molecule has 8 nitrogen and oxygen atoms in total. The molecule has 0 radical (unpaired) electrons. The number of rotatable bonds is 7. The zero-order valence-corrected chi connectivity index (χ0v) is 12.4. The zero-order valence-electron chi connectivity index (χ0n) is 12.4. The number of carbonyl (C=O) groups excluding carboxylic acids is 2. The van der Waals surface area contributed by atoms with Gasteiger partial charge in [0.2, 0.25) is 0 Å². The van der Waals surface area contributed by atoms with E-state index in [1.807, 2.05) is 0 Å². The van der Waals surface area contributed by atoms with Crippen LogP contribution in [0.1, 0.15) is 19.8 Å². The van der Waals surface area contributed by atoms with Crippen LogP contribution in [0.3, 0.4) is 0 Å². The molecule has 0 bridgehead atoms. The van der Waals surface area contributed by atoms with Crippen LogP contribution in [0.15, 0.2) is 24.3 Å². The number of non-ortho nitro benzene ring substituents is 1. The van der Waals surface area contributed by atoms with E-state index in [9.17, 15) is 24.8 Å². The largest absolute Gasteiger partial charge is 0.449 e. The standard InChI is InChI=1S/C14H18N2O6/c1-14(19,7-9-17)8-10-22-13(18)15(2)11-3-5-12(6-4-11)16(20)21/h3-6,9,19H,7-8,10H2,1-2H3. The summed E-state index contributed by atoms with van der Waals surface area (Å²) < 4.78 is 5.00. The van der Waals surface area contributed by atoms with Gasteiger partial charge in [-0.1, -0.05) is 0 Å². The number of nitro groups is 1. The SMILES string of the molecule is CN(C(=O)OCCC(C)(O)CC=O)c1ccc([N+](=O)[O-])cc1.